The van der Waals surface area contributed by atoms with Gasteiger partial charge in [0.2, 0.25) is 0 Å². The Hall–Kier alpha value is -4.39. The van der Waals surface area contributed by atoms with E-state index in [1.165, 1.54) is 6.07 Å². The van der Waals surface area contributed by atoms with E-state index in [2.05, 4.69) is 5.32 Å². The standard InChI is InChI=1S/C24H15NO6/c26-22(13-29-23(27)18-11-14-5-1-3-7-19(14)31-24(18)28)25-15-9-10-21-17(12-15)16-6-2-4-8-20(16)30-21/h1-12H,13H2,(H,25,26). The molecule has 1 N–H and O–H groups in total. The van der Waals surface area contributed by atoms with E-state index in [-0.39, 0.29) is 5.56 Å². The van der Waals surface area contributed by atoms with Crippen molar-refractivity contribution in [2.75, 3.05) is 11.9 Å². The molecule has 0 aliphatic heterocycles. The molecular formula is C24H15NO6. The van der Waals surface area contributed by atoms with E-state index in [1.807, 2.05) is 24.3 Å². The number of amides is 1. The summed E-state index contributed by atoms with van der Waals surface area (Å²) >= 11 is 0. The van der Waals surface area contributed by atoms with E-state index in [0.29, 0.717) is 22.2 Å². The van der Waals surface area contributed by atoms with Gasteiger partial charge in [0.15, 0.2) is 6.61 Å². The number of furan rings is 1. The first kappa shape index (κ1) is 18.6. The topological polar surface area (TPSA) is 98.8 Å². The molecule has 0 spiro atoms. The number of rotatable bonds is 4. The fourth-order valence-electron chi connectivity index (χ4n) is 3.41. The maximum Gasteiger partial charge on any atom is 0.351 e. The molecule has 5 rings (SSSR count). The second kappa shape index (κ2) is 7.46. The molecule has 31 heavy (non-hydrogen) atoms. The Kier molecular flexibility index (Phi) is 4.48. The molecule has 2 heterocycles. The van der Waals surface area contributed by atoms with E-state index < -0.39 is 24.1 Å². The summed E-state index contributed by atoms with van der Waals surface area (Å²) in [6.45, 7) is -0.546. The summed E-state index contributed by atoms with van der Waals surface area (Å²) in [6, 6.07) is 21.0. The van der Waals surface area contributed by atoms with Gasteiger partial charge in [0.25, 0.3) is 5.91 Å². The van der Waals surface area contributed by atoms with Gasteiger partial charge in [-0.3, -0.25) is 4.79 Å². The van der Waals surface area contributed by atoms with Crippen LogP contribution in [0.2, 0.25) is 0 Å². The summed E-state index contributed by atoms with van der Waals surface area (Å²) in [5, 5.41) is 5.06. The molecule has 0 radical (unpaired) electrons. The fourth-order valence-corrected chi connectivity index (χ4v) is 3.41. The van der Waals surface area contributed by atoms with Crippen molar-refractivity contribution < 1.29 is 23.2 Å². The Labute approximate surface area is 174 Å². The smallest absolute Gasteiger partial charge is 0.351 e. The predicted octanol–water partition coefficient (Wildman–Crippen LogP) is 4.49. The van der Waals surface area contributed by atoms with Crippen LogP contribution in [0.3, 0.4) is 0 Å². The number of para-hydroxylation sites is 2. The number of hydrogen-bond acceptors (Lipinski definition) is 6. The molecular weight excluding hydrogens is 398 g/mol. The molecule has 2 aromatic heterocycles. The summed E-state index contributed by atoms with van der Waals surface area (Å²) in [5.74, 6) is -1.46. The van der Waals surface area contributed by atoms with Crippen LogP contribution in [-0.4, -0.2) is 18.5 Å². The van der Waals surface area contributed by atoms with Crippen LogP contribution >= 0.6 is 0 Å². The molecule has 0 aliphatic rings. The molecule has 3 aromatic carbocycles. The Morgan fingerprint density at radius 1 is 0.806 bits per heavy atom. The van der Waals surface area contributed by atoms with E-state index >= 15 is 0 Å². The quantitative estimate of drug-likeness (QED) is 0.344. The third-order valence-corrected chi connectivity index (χ3v) is 4.86. The van der Waals surface area contributed by atoms with Crippen molar-refractivity contribution in [3.63, 3.8) is 0 Å². The summed E-state index contributed by atoms with van der Waals surface area (Å²) in [6.07, 6.45) is 0. The van der Waals surface area contributed by atoms with Crippen molar-refractivity contribution in [3.05, 3.63) is 88.8 Å². The van der Waals surface area contributed by atoms with Gasteiger partial charge < -0.3 is 18.9 Å². The van der Waals surface area contributed by atoms with Gasteiger partial charge in [0, 0.05) is 21.8 Å². The normalized spacial score (nSPS) is 11.1. The van der Waals surface area contributed by atoms with E-state index in [0.717, 1.165) is 16.4 Å². The van der Waals surface area contributed by atoms with Crippen LogP contribution in [0.5, 0.6) is 0 Å². The lowest BCUT2D eigenvalue weighted by Gasteiger charge is -2.07. The van der Waals surface area contributed by atoms with Gasteiger partial charge in [0.1, 0.15) is 22.3 Å². The number of benzene rings is 3. The van der Waals surface area contributed by atoms with Gasteiger partial charge in [-0.2, -0.15) is 0 Å². The number of carbonyl (C=O) groups excluding carboxylic acids is 2. The molecule has 0 atom stereocenters. The molecule has 7 heteroatoms. The second-order valence-corrected chi connectivity index (χ2v) is 6.92. The Morgan fingerprint density at radius 2 is 1.55 bits per heavy atom. The number of anilines is 1. The van der Waals surface area contributed by atoms with Crippen LogP contribution in [0.15, 0.2) is 86.4 Å². The van der Waals surface area contributed by atoms with Crippen molar-refractivity contribution in [2.45, 2.75) is 0 Å². The summed E-state index contributed by atoms with van der Waals surface area (Å²) in [5.41, 5.74) is 1.27. The predicted molar refractivity (Wildman–Crippen MR) is 115 cm³/mol. The van der Waals surface area contributed by atoms with Gasteiger partial charge in [-0.1, -0.05) is 36.4 Å². The number of fused-ring (bicyclic) bond motifs is 4. The molecule has 0 fully saturated rings. The zero-order valence-corrected chi connectivity index (χ0v) is 16.1. The Balaban J connectivity index is 1.30. The van der Waals surface area contributed by atoms with E-state index in [9.17, 15) is 14.4 Å². The highest BCUT2D eigenvalue weighted by molar-refractivity contribution is 6.07. The number of nitrogens with one attached hydrogen (secondary N) is 1. The minimum atomic E-state index is -0.925. The van der Waals surface area contributed by atoms with Crippen molar-refractivity contribution in [1.82, 2.24) is 0 Å². The van der Waals surface area contributed by atoms with Gasteiger partial charge >= 0.3 is 11.6 Å². The maximum atomic E-state index is 12.3. The summed E-state index contributed by atoms with van der Waals surface area (Å²) in [7, 11) is 0. The number of hydrogen-bond donors (Lipinski definition) is 1. The lowest BCUT2D eigenvalue weighted by atomic mass is 10.1. The first-order valence-corrected chi connectivity index (χ1v) is 9.50. The lowest BCUT2D eigenvalue weighted by Crippen LogP contribution is -2.23. The highest BCUT2D eigenvalue weighted by Crippen LogP contribution is 2.30. The van der Waals surface area contributed by atoms with Crippen LogP contribution in [0.4, 0.5) is 5.69 Å². The molecule has 0 saturated heterocycles. The van der Waals surface area contributed by atoms with Gasteiger partial charge in [-0.15, -0.1) is 0 Å². The molecule has 1 amide bonds. The molecule has 5 aromatic rings. The first-order valence-electron chi connectivity index (χ1n) is 9.50. The van der Waals surface area contributed by atoms with Crippen molar-refractivity contribution in [3.8, 4) is 0 Å². The minimum Gasteiger partial charge on any atom is -0.456 e. The number of carbonyl (C=O) groups is 2. The van der Waals surface area contributed by atoms with E-state index in [4.69, 9.17) is 13.6 Å². The van der Waals surface area contributed by atoms with Crippen LogP contribution in [-0.2, 0) is 9.53 Å². The first-order chi connectivity index (χ1) is 15.1. The largest absolute Gasteiger partial charge is 0.456 e. The Morgan fingerprint density at radius 3 is 2.42 bits per heavy atom. The van der Waals surface area contributed by atoms with Crippen LogP contribution in [0, 0.1) is 0 Å². The van der Waals surface area contributed by atoms with Gasteiger partial charge in [-0.25, -0.2) is 9.59 Å². The van der Waals surface area contributed by atoms with Gasteiger partial charge in [0.05, 0.1) is 0 Å². The lowest BCUT2D eigenvalue weighted by molar-refractivity contribution is -0.119. The van der Waals surface area contributed by atoms with Crippen molar-refractivity contribution in [2.24, 2.45) is 0 Å². The molecule has 7 nitrogen and oxygen atoms in total. The molecule has 0 saturated carbocycles. The molecule has 0 bridgehead atoms. The monoisotopic (exact) mass is 413 g/mol. The number of ether oxygens (including phenoxy) is 1. The molecule has 0 unspecified atom stereocenters. The third kappa shape index (κ3) is 3.53. The van der Waals surface area contributed by atoms with Crippen molar-refractivity contribution >= 4 is 50.5 Å². The van der Waals surface area contributed by atoms with Gasteiger partial charge in [-0.05, 0) is 36.4 Å². The van der Waals surface area contributed by atoms with Crippen LogP contribution < -0.4 is 10.9 Å². The third-order valence-electron chi connectivity index (χ3n) is 4.86. The Bertz CT molecular complexity index is 1530. The summed E-state index contributed by atoms with van der Waals surface area (Å²) in [4.78, 5) is 36.6. The maximum absolute atomic E-state index is 12.3. The molecule has 0 aliphatic carbocycles. The average molecular weight is 413 g/mol. The number of esters is 1. The average Bonchev–Trinajstić information content (AvgIpc) is 3.15. The molecule has 152 valence electrons. The zero-order chi connectivity index (χ0) is 21.4. The SMILES string of the molecule is O=C(COC(=O)c1cc2ccccc2oc1=O)Nc1ccc2oc3ccccc3c2c1. The minimum absolute atomic E-state index is 0.266. The zero-order valence-electron chi connectivity index (χ0n) is 16.1. The van der Waals surface area contributed by atoms with Crippen molar-refractivity contribution in [1.29, 1.82) is 0 Å². The van der Waals surface area contributed by atoms with E-state index in [1.54, 1.807) is 42.5 Å². The van der Waals surface area contributed by atoms with Crippen LogP contribution in [0.1, 0.15) is 10.4 Å². The summed E-state index contributed by atoms with van der Waals surface area (Å²) < 4.78 is 15.9. The second-order valence-electron chi connectivity index (χ2n) is 6.92. The highest BCUT2D eigenvalue weighted by atomic mass is 16.5. The van der Waals surface area contributed by atoms with Crippen LogP contribution in [0.25, 0.3) is 32.9 Å². The fraction of sp³-hybridized carbons (Fsp3) is 0.0417. The highest BCUT2D eigenvalue weighted by Gasteiger charge is 2.17.